The van der Waals surface area contributed by atoms with E-state index in [2.05, 4.69) is 14.9 Å². The molecule has 0 aliphatic heterocycles. The van der Waals surface area contributed by atoms with Gasteiger partial charge >= 0.3 is 6.61 Å². The first-order chi connectivity index (χ1) is 13.5. The van der Waals surface area contributed by atoms with Crippen LogP contribution in [0.1, 0.15) is 12.5 Å². The average molecular weight is 381 g/mol. The molecular formula is C21H17F2N3O2. The Morgan fingerprint density at radius 1 is 1.07 bits per heavy atom. The molecule has 7 heteroatoms. The number of ether oxygens (including phenoxy) is 2. The predicted octanol–water partition coefficient (Wildman–Crippen LogP) is 5.35. The van der Waals surface area contributed by atoms with Crippen molar-refractivity contribution in [1.29, 1.82) is 5.41 Å². The lowest BCUT2D eigenvalue weighted by molar-refractivity contribution is -0.0497. The Labute approximate surface area is 159 Å². The number of hydrogen-bond acceptors (Lipinski definition) is 4. The SMILES string of the molecule is CCOC(=N)c1ccc2[nH]nc(-c3ccc4cc(OC(F)F)ccc4c3)c2c1. The highest BCUT2D eigenvalue weighted by Crippen LogP contribution is 2.31. The number of nitrogens with one attached hydrogen (secondary N) is 2. The molecule has 0 aliphatic carbocycles. The summed E-state index contributed by atoms with van der Waals surface area (Å²) in [4.78, 5) is 0. The van der Waals surface area contributed by atoms with E-state index >= 15 is 0 Å². The van der Waals surface area contributed by atoms with Gasteiger partial charge in [-0.15, -0.1) is 0 Å². The minimum Gasteiger partial charge on any atom is -0.478 e. The molecule has 0 saturated carbocycles. The van der Waals surface area contributed by atoms with Crippen LogP contribution in [0.5, 0.6) is 5.75 Å². The van der Waals surface area contributed by atoms with Gasteiger partial charge in [0, 0.05) is 16.5 Å². The summed E-state index contributed by atoms with van der Waals surface area (Å²) in [5, 5.41) is 18.0. The summed E-state index contributed by atoms with van der Waals surface area (Å²) in [7, 11) is 0. The number of aromatic amines is 1. The zero-order chi connectivity index (χ0) is 19.7. The largest absolute Gasteiger partial charge is 0.478 e. The van der Waals surface area contributed by atoms with Crippen LogP contribution in [0.3, 0.4) is 0 Å². The molecule has 0 bridgehead atoms. The Hall–Kier alpha value is -3.48. The molecule has 0 saturated heterocycles. The molecule has 3 aromatic carbocycles. The zero-order valence-corrected chi connectivity index (χ0v) is 15.0. The molecule has 4 rings (SSSR count). The van der Waals surface area contributed by atoms with Gasteiger partial charge in [-0.25, -0.2) is 0 Å². The first-order valence-electron chi connectivity index (χ1n) is 8.74. The molecule has 0 spiro atoms. The lowest BCUT2D eigenvalue weighted by Gasteiger charge is -2.07. The van der Waals surface area contributed by atoms with Crippen molar-refractivity contribution >= 4 is 27.6 Å². The molecule has 28 heavy (non-hydrogen) atoms. The van der Waals surface area contributed by atoms with E-state index in [4.69, 9.17) is 10.1 Å². The van der Waals surface area contributed by atoms with Crippen LogP contribution >= 0.6 is 0 Å². The molecule has 1 aromatic heterocycles. The van der Waals surface area contributed by atoms with Crippen LogP contribution in [-0.2, 0) is 4.74 Å². The number of benzene rings is 3. The smallest absolute Gasteiger partial charge is 0.387 e. The van der Waals surface area contributed by atoms with Gasteiger partial charge in [-0.05, 0) is 54.1 Å². The Bertz CT molecular complexity index is 1170. The lowest BCUT2D eigenvalue weighted by Crippen LogP contribution is -2.04. The maximum atomic E-state index is 12.4. The molecule has 0 unspecified atom stereocenters. The topological polar surface area (TPSA) is 71.0 Å². The summed E-state index contributed by atoms with van der Waals surface area (Å²) in [5.74, 6) is 0.237. The lowest BCUT2D eigenvalue weighted by atomic mass is 10.0. The van der Waals surface area contributed by atoms with Gasteiger partial charge in [0.1, 0.15) is 5.75 Å². The third-order valence-corrected chi connectivity index (χ3v) is 4.42. The highest BCUT2D eigenvalue weighted by molar-refractivity contribution is 6.01. The van der Waals surface area contributed by atoms with Gasteiger partial charge in [0.2, 0.25) is 5.90 Å². The highest BCUT2D eigenvalue weighted by atomic mass is 19.3. The minimum atomic E-state index is -2.85. The number of halogens is 2. The monoisotopic (exact) mass is 381 g/mol. The second-order valence-electron chi connectivity index (χ2n) is 6.20. The molecule has 5 nitrogen and oxygen atoms in total. The molecule has 4 aromatic rings. The normalized spacial score (nSPS) is 11.3. The van der Waals surface area contributed by atoms with E-state index in [1.807, 2.05) is 43.3 Å². The summed E-state index contributed by atoms with van der Waals surface area (Å²) in [6, 6.07) is 16.0. The van der Waals surface area contributed by atoms with Crippen molar-refractivity contribution in [2.45, 2.75) is 13.5 Å². The van der Waals surface area contributed by atoms with Crippen molar-refractivity contribution in [3.05, 3.63) is 60.2 Å². The standard InChI is InChI=1S/C21H17F2N3O2/c1-2-27-20(24)15-6-8-18-17(11-15)19(26-25-18)14-4-3-13-10-16(28-21(22)23)7-5-12(13)9-14/h3-11,21,24H,2H2,1H3,(H,25,26). The fourth-order valence-corrected chi connectivity index (χ4v) is 3.15. The molecule has 0 aliphatic rings. The van der Waals surface area contributed by atoms with Crippen LogP contribution in [-0.4, -0.2) is 29.3 Å². The Kier molecular flexibility index (Phi) is 4.65. The van der Waals surface area contributed by atoms with Crippen molar-refractivity contribution in [1.82, 2.24) is 10.2 Å². The fourth-order valence-electron chi connectivity index (χ4n) is 3.15. The number of fused-ring (bicyclic) bond motifs is 2. The van der Waals surface area contributed by atoms with E-state index in [1.165, 1.54) is 6.07 Å². The zero-order valence-electron chi connectivity index (χ0n) is 15.0. The molecule has 0 radical (unpaired) electrons. The molecular weight excluding hydrogens is 364 g/mol. The summed E-state index contributed by atoms with van der Waals surface area (Å²) >= 11 is 0. The maximum absolute atomic E-state index is 12.4. The van der Waals surface area contributed by atoms with E-state index in [9.17, 15) is 8.78 Å². The average Bonchev–Trinajstić information content (AvgIpc) is 3.10. The van der Waals surface area contributed by atoms with Crippen molar-refractivity contribution in [2.75, 3.05) is 6.61 Å². The summed E-state index contributed by atoms with van der Waals surface area (Å²) in [6.45, 7) is -0.586. The maximum Gasteiger partial charge on any atom is 0.387 e. The second-order valence-corrected chi connectivity index (χ2v) is 6.20. The quantitative estimate of drug-likeness (QED) is 0.362. The Morgan fingerprint density at radius 2 is 1.86 bits per heavy atom. The number of H-pyrrole nitrogens is 1. The fraction of sp³-hybridized carbons (Fsp3) is 0.143. The van der Waals surface area contributed by atoms with Crippen LogP contribution < -0.4 is 4.74 Å². The van der Waals surface area contributed by atoms with Gasteiger partial charge in [-0.1, -0.05) is 18.2 Å². The Morgan fingerprint density at radius 3 is 2.64 bits per heavy atom. The van der Waals surface area contributed by atoms with Crippen molar-refractivity contribution in [2.24, 2.45) is 0 Å². The van der Waals surface area contributed by atoms with E-state index in [1.54, 1.807) is 12.1 Å². The van der Waals surface area contributed by atoms with Gasteiger partial charge in [-0.2, -0.15) is 13.9 Å². The third kappa shape index (κ3) is 3.38. The molecule has 0 amide bonds. The van der Waals surface area contributed by atoms with Crippen LogP contribution in [0.4, 0.5) is 8.78 Å². The van der Waals surface area contributed by atoms with Crippen LogP contribution in [0.15, 0.2) is 54.6 Å². The van der Waals surface area contributed by atoms with Crippen molar-refractivity contribution in [3.8, 4) is 17.0 Å². The van der Waals surface area contributed by atoms with Crippen molar-refractivity contribution < 1.29 is 18.3 Å². The van der Waals surface area contributed by atoms with Gasteiger partial charge < -0.3 is 9.47 Å². The van der Waals surface area contributed by atoms with Gasteiger partial charge in [-0.3, -0.25) is 10.5 Å². The van der Waals surface area contributed by atoms with E-state index in [-0.39, 0.29) is 11.6 Å². The number of aromatic nitrogens is 2. The minimum absolute atomic E-state index is 0.113. The van der Waals surface area contributed by atoms with Crippen LogP contribution in [0.25, 0.3) is 32.9 Å². The van der Waals surface area contributed by atoms with Gasteiger partial charge in [0.25, 0.3) is 0 Å². The summed E-state index contributed by atoms with van der Waals surface area (Å²) < 4.78 is 34.5. The summed E-state index contributed by atoms with van der Waals surface area (Å²) in [5.41, 5.74) is 3.15. The van der Waals surface area contributed by atoms with Crippen LogP contribution in [0, 0.1) is 5.41 Å². The third-order valence-electron chi connectivity index (χ3n) is 4.42. The molecule has 2 N–H and O–H groups in total. The van der Waals surface area contributed by atoms with E-state index in [0.717, 1.165) is 32.9 Å². The molecule has 142 valence electrons. The summed E-state index contributed by atoms with van der Waals surface area (Å²) in [6.07, 6.45) is 0. The Balaban J connectivity index is 1.75. The van der Waals surface area contributed by atoms with Crippen molar-refractivity contribution in [3.63, 3.8) is 0 Å². The van der Waals surface area contributed by atoms with Gasteiger partial charge in [0.05, 0.1) is 17.8 Å². The van der Waals surface area contributed by atoms with E-state index < -0.39 is 6.61 Å². The number of hydrogen-bond donors (Lipinski definition) is 2. The number of rotatable bonds is 5. The molecule has 0 fully saturated rings. The molecule has 1 heterocycles. The van der Waals surface area contributed by atoms with E-state index in [0.29, 0.717) is 12.2 Å². The number of alkyl halides is 2. The number of nitrogens with zero attached hydrogens (tertiary/aromatic N) is 1. The first-order valence-corrected chi connectivity index (χ1v) is 8.74. The predicted molar refractivity (Wildman–Crippen MR) is 104 cm³/mol. The molecule has 0 atom stereocenters. The second kappa shape index (κ2) is 7.26. The first kappa shape index (κ1) is 17.9. The van der Waals surface area contributed by atoms with Gasteiger partial charge in [0.15, 0.2) is 0 Å². The van der Waals surface area contributed by atoms with Crippen LogP contribution in [0.2, 0.25) is 0 Å². The highest BCUT2D eigenvalue weighted by Gasteiger charge is 2.12.